The van der Waals surface area contributed by atoms with Crippen LogP contribution in [-0.2, 0) is 21.7 Å². The van der Waals surface area contributed by atoms with E-state index in [0.717, 1.165) is 72.9 Å². The van der Waals surface area contributed by atoms with E-state index in [9.17, 15) is 0 Å². The first kappa shape index (κ1) is 50.5. The Labute approximate surface area is 461 Å². The monoisotopic (exact) mass is 1020 g/mol. The van der Waals surface area contributed by atoms with Crippen molar-refractivity contribution >= 4 is 55.6 Å². The number of fused-ring (bicyclic) bond motifs is 6. The van der Waals surface area contributed by atoms with Gasteiger partial charge in [-0.15, -0.1) is 0 Å². The lowest BCUT2D eigenvalue weighted by Crippen LogP contribution is -2.25. The zero-order valence-corrected chi connectivity index (χ0v) is 47.4. The van der Waals surface area contributed by atoms with Gasteiger partial charge in [-0.2, -0.15) is 0 Å². The molecule has 0 radical (unpaired) electrons. The lowest BCUT2D eigenvalue weighted by molar-refractivity contribution is 0.483. The Morgan fingerprint density at radius 3 is 1.59 bits per heavy atom. The van der Waals surface area contributed by atoms with E-state index in [2.05, 4.69) is 296 Å². The molecule has 390 valence electrons. The molecule has 6 nitrogen and oxygen atoms in total. The number of hydrogen-bond acceptors (Lipinski definition) is 4. The molecule has 0 fully saturated rings. The molecule has 0 unspecified atom stereocenters. The summed E-state index contributed by atoms with van der Waals surface area (Å²) in [6, 6.07) is 71.0. The Kier molecular flexibility index (Phi) is 12.1. The SMILES string of the molecule is CC(C)(C)c1cc(-c2cc(C(C)(C)C)cc(-c3ccccc3)c2N2CN(c3cccc(Oc4ccc5c(c4)n(-c4cc(C(C)(C)C)ccn4)c4c6ccccc6n(-c6ccccc6)c54)c3)c3ccccc32)cc(C(C)(C)C)c1. The Morgan fingerprint density at radius 1 is 0.385 bits per heavy atom. The number of para-hydroxylation sites is 4. The van der Waals surface area contributed by atoms with Crippen molar-refractivity contribution in [1.82, 2.24) is 14.1 Å². The molecule has 8 aromatic carbocycles. The maximum Gasteiger partial charge on any atom is 0.137 e. The van der Waals surface area contributed by atoms with Gasteiger partial charge in [0.2, 0.25) is 0 Å². The number of aromatic nitrogens is 3. The van der Waals surface area contributed by atoms with E-state index in [1.807, 2.05) is 6.20 Å². The summed E-state index contributed by atoms with van der Waals surface area (Å²) in [6.45, 7) is 28.4. The van der Waals surface area contributed by atoms with Gasteiger partial charge in [0.1, 0.15) is 24.0 Å². The number of ether oxygens (including phenoxy) is 1. The number of pyridine rings is 1. The van der Waals surface area contributed by atoms with Crippen molar-refractivity contribution < 1.29 is 4.74 Å². The van der Waals surface area contributed by atoms with E-state index in [0.29, 0.717) is 6.67 Å². The van der Waals surface area contributed by atoms with E-state index in [4.69, 9.17) is 9.72 Å². The van der Waals surface area contributed by atoms with Gasteiger partial charge in [-0.3, -0.25) is 4.57 Å². The summed E-state index contributed by atoms with van der Waals surface area (Å²) in [7, 11) is 0. The van der Waals surface area contributed by atoms with Gasteiger partial charge in [-0.1, -0.05) is 186 Å². The van der Waals surface area contributed by atoms with Gasteiger partial charge in [0.25, 0.3) is 0 Å². The molecule has 3 aromatic heterocycles. The zero-order valence-electron chi connectivity index (χ0n) is 47.4. The molecule has 11 aromatic rings. The Balaban J connectivity index is 0.993. The van der Waals surface area contributed by atoms with Gasteiger partial charge < -0.3 is 19.1 Å². The van der Waals surface area contributed by atoms with Crippen LogP contribution in [0.1, 0.15) is 105 Å². The molecule has 12 rings (SSSR count). The summed E-state index contributed by atoms with van der Waals surface area (Å²) in [5, 5.41) is 2.28. The molecule has 0 atom stereocenters. The van der Waals surface area contributed by atoms with Gasteiger partial charge in [-0.05, 0) is 134 Å². The second-order valence-electron chi connectivity index (χ2n) is 25.5. The van der Waals surface area contributed by atoms with Gasteiger partial charge >= 0.3 is 0 Å². The van der Waals surface area contributed by atoms with Crippen LogP contribution in [0.3, 0.4) is 0 Å². The van der Waals surface area contributed by atoms with Crippen LogP contribution in [0.15, 0.2) is 200 Å². The fraction of sp³-hybridized carbons (Fsp3) is 0.236. The molecule has 0 spiro atoms. The molecule has 78 heavy (non-hydrogen) atoms. The van der Waals surface area contributed by atoms with Gasteiger partial charge in [0.15, 0.2) is 0 Å². The standard InChI is InChI=1S/C72H71N5O/c1-69(2,3)49-36-37-73-65(43-49)77-64-45-56(34-35-58(64)67-68(77)57-30-19-20-31-61(57)76(67)53-26-17-14-18-27-53)78-55-29-23-28-54(44-55)74-46-75(63-33-22-21-32-62(63)74)66-59(47-24-15-13-16-25-47)41-52(72(10,11)12)42-60(66)48-38-50(70(4,5)6)40-51(39-48)71(7,8)9/h13-45H,46H2,1-12H3. The van der Waals surface area contributed by atoms with Crippen LogP contribution in [0.25, 0.3) is 66.6 Å². The minimum Gasteiger partial charge on any atom is -0.457 e. The summed E-state index contributed by atoms with van der Waals surface area (Å²) < 4.78 is 11.8. The third kappa shape index (κ3) is 9.01. The largest absolute Gasteiger partial charge is 0.457 e. The number of rotatable bonds is 8. The predicted octanol–water partition coefficient (Wildman–Crippen LogP) is 19.7. The summed E-state index contributed by atoms with van der Waals surface area (Å²) in [4.78, 5) is 10.1. The average molecular weight is 1020 g/mol. The summed E-state index contributed by atoms with van der Waals surface area (Å²) in [5.74, 6) is 2.37. The highest BCUT2D eigenvalue weighted by molar-refractivity contribution is 6.20. The number of anilines is 4. The molecule has 0 saturated heterocycles. The molecule has 0 bridgehead atoms. The minimum absolute atomic E-state index is 0.0502. The first-order chi connectivity index (χ1) is 37.2. The second kappa shape index (κ2) is 18.7. The normalized spacial score (nSPS) is 13.3. The van der Waals surface area contributed by atoms with Crippen LogP contribution in [0.5, 0.6) is 11.5 Å². The smallest absolute Gasteiger partial charge is 0.137 e. The van der Waals surface area contributed by atoms with E-state index >= 15 is 0 Å². The van der Waals surface area contributed by atoms with Crippen LogP contribution in [0.4, 0.5) is 22.7 Å². The first-order valence-electron chi connectivity index (χ1n) is 27.6. The van der Waals surface area contributed by atoms with Crippen LogP contribution in [-0.4, -0.2) is 20.8 Å². The molecule has 0 amide bonds. The summed E-state index contributed by atoms with van der Waals surface area (Å²) >= 11 is 0. The third-order valence-electron chi connectivity index (χ3n) is 15.8. The highest BCUT2D eigenvalue weighted by Crippen LogP contribution is 2.53. The van der Waals surface area contributed by atoms with E-state index < -0.39 is 0 Å². The maximum absolute atomic E-state index is 7.03. The molecule has 4 heterocycles. The average Bonchev–Trinajstić information content (AvgIpc) is 4.20. The van der Waals surface area contributed by atoms with Crippen molar-refractivity contribution in [2.24, 2.45) is 0 Å². The van der Waals surface area contributed by atoms with Crippen LogP contribution < -0.4 is 14.5 Å². The lowest BCUT2D eigenvalue weighted by Gasteiger charge is -2.31. The van der Waals surface area contributed by atoms with Crippen molar-refractivity contribution in [3.05, 3.63) is 223 Å². The Hall–Kier alpha value is -8.35. The van der Waals surface area contributed by atoms with E-state index in [1.54, 1.807) is 0 Å². The van der Waals surface area contributed by atoms with Crippen molar-refractivity contribution in [2.75, 3.05) is 16.5 Å². The Bertz CT molecular complexity index is 4040. The van der Waals surface area contributed by atoms with Gasteiger partial charge in [-0.25, -0.2) is 4.98 Å². The van der Waals surface area contributed by atoms with Crippen molar-refractivity contribution in [1.29, 1.82) is 0 Å². The second-order valence-corrected chi connectivity index (χ2v) is 25.5. The molecular weight excluding hydrogens is 951 g/mol. The number of hydrogen-bond donors (Lipinski definition) is 0. The summed E-state index contributed by atoms with van der Waals surface area (Å²) in [5.41, 5.74) is 19.9. The van der Waals surface area contributed by atoms with Crippen LogP contribution in [0, 0.1) is 0 Å². The minimum atomic E-state index is -0.101. The first-order valence-corrected chi connectivity index (χ1v) is 27.6. The molecule has 0 aliphatic carbocycles. The van der Waals surface area contributed by atoms with Crippen molar-refractivity contribution in [3.63, 3.8) is 0 Å². The highest BCUT2D eigenvalue weighted by atomic mass is 16.5. The fourth-order valence-electron chi connectivity index (χ4n) is 11.4. The summed E-state index contributed by atoms with van der Waals surface area (Å²) in [6.07, 6.45) is 1.95. The number of benzene rings is 8. The quantitative estimate of drug-likeness (QED) is 0.152. The van der Waals surface area contributed by atoms with Crippen LogP contribution >= 0.6 is 0 Å². The molecule has 1 aliphatic rings. The lowest BCUT2D eigenvalue weighted by atomic mass is 9.77. The molecule has 0 N–H and O–H groups in total. The molecule has 0 saturated carbocycles. The Morgan fingerprint density at radius 2 is 0.923 bits per heavy atom. The van der Waals surface area contributed by atoms with Gasteiger partial charge in [0.05, 0.1) is 39.1 Å². The predicted molar refractivity (Wildman–Crippen MR) is 330 cm³/mol. The van der Waals surface area contributed by atoms with Gasteiger partial charge in [0, 0.05) is 51.6 Å². The third-order valence-corrected chi connectivity index (χ3v) is 15.8. The maximum atomic E-state index is 7.03. The van der Waals surface area contributed by atoms with Crippen molar-refractivity contribution in [3.8, 4) is 45.3 Å². The van der Waals surface area contributed by atoms with Crippen molar-refractivity contribution in [2.45, 2.75) is 105 Å². The highest BCUT2D eigenvalue weighted by Gasteiger charge is 2.34. The number of nitrogens with zero attached hydrogens (tertiary/aromatic N) is 5. The molecule has 6 heteroatoms. The van der Waals surface area contributed by atoms with E-state index in [-0.39, 0.29) is 21.7 Å². The molecule has 1 aliphatic heterocycles. The fourth-order valence-corrected chi connectivity index (χ4v) is 11.4. The van der Waals surface area contributed by atoms with Crippen LogP contribution in [0.2, 0.25) is 0 Å². The van der Waals surface area contributed by atoms with E-state index in [1.165, 1.54) is 50.2 Å². The molecular formula is C72H71N5O. The topological polar surface area (TPSA) is 38.5 Å². The zero-order chi connectivity index (χ0) is 54.5.